The van der Waals surface area contributed by atoms with Gasteiger partial charge in [0.05, 0.1) is 11.0 Å². The Balaban J connectivity index is 2.18. The minimum Gasteiger partial charge on any atom is -0.325 e. The van der Waals surface area contributed by atoms with Crippen LogP contribution in [0.2, 0.25) is 0 Å². The van der Waals surface area contributed by atoms with Crippen LogP contribution in [0.3, 0.4) is 0 Å². The highest BCUT2D eigenvalue weighted by molar-refractivity contribution is 7.89. The quantitative estimate of drug-likeness (QED) is 0.918. The number of carbonyl (C=O) groups excluding carboxylic acids is 1. The smallest absolute Gasteiger partial charge is 0.243 e. The number of rotatable bonds is 4. The lowest BCUT2D eigenvalue weighted by Crippen LogP contribution is -2.37. The SMILES string of the molecule is CC1CCN(S(=O)(=O)c2cccc(NC(=O)CC#N)c2)CC1. The summed E-state index contributed by atoms with van der Waals surface area (Å²) in [6.07, 6.45) is 1.46. The summed E-state index contributed by atoms with van der Waals surface area (Å²) >= 11 is 0. The van der Waals surface area contributed by atoms with Gasteiger partial charge in [0, 0.05) is 18.8 Å². The molecule has 1 aromatic rings. The lowest BCUT2D eigenvalue weighted by molar-refractivity contribution is -0.115. The van der Waals surface area contributed by atoms with Crippen LogP contribution in [0.4, 0.5) is 5.69 Å². The molecule has 1 saturated heterocycles. The van der Waals surface area contributed by atoms with Gasteiger partial charge in [-0.3, -0.25) is 4.79 Å². The molecule has 0 atom stereocenters. The highest BCUT2D eigenvalue weighted by Gasteiger charge is 2.28. The van der Waals surface area contributed by atoms with Gasteiger partial charge in [0.25, 0.3) is 0 Å². The first-order chi connectivity index (χ1) is 10.4. The van der Waals surface area contributed by atoms with Crippen molar-refractivity contribution in [3.63, 3.8) is 0 Å². The van der Waals surface area contributed by atoms with Crippen molar-refractivity contribution < 1.29 is 13.2 Å². The molecule has 1 heterocycles. The summed E-state index contributed by atoms with van der Waals surface area (Å²) in [4.78, 5) is 11.6. The van der Waals surface area contributed by atoms with Gasteiger partial charge in [-0.2, -0.15) is 9.57 Å². The van der Waals surface area contributed by atoms with Crippen LogP contribution in [-0.4, -0.2) is 31.7 Å². The molecule has 2 rings (SSSR count). The molecule has 0 bridgehead atoms. The van der Waals surface area contributed by atoms with E-state index in [2.05, 4.69) is 12.2 Å². The predicted molar refractivity (Wildman–Crippen MR) is 82.5 cm³/mol. The Morgan fingerprint density at radius 2 is 2.09 bits per heavy atom. The van der Waals surface area contributed by atoms with Gasteiger partial charge in [0.1, 0.15) is 6.42 Å². The van der Waals surface area contributed by atoms with Crippen LogP contribution in [0, 0.1) is 17.2 Å². The lowest BCUT2D eigenvalue weighted by atomic mass is 10.0. The Morgan fingerprint density at radius 1 is 1.41 bits per heavy atom. The second-order valence-electron chi connectivity index (χ2n) is 5.50. The molecule has 7 heteroatoms. The van der Waals surface area contributed by atoms with Crippen molar-refractivity contribution in [2.75, 3.05) is 18.4 Å². The van der Waals surface area contributed by atoms with Crippen LogP contribution >= 0.6 is 0 Å². The van der Waals surface area contributed by atoms with E-state index in [4.69, 9.17) is 5.26 Å². The fourth-order valence-electron chi connectivity index (χ4n) is 2.39. The fourth-order valence-corrected chi connectivity index (χ4v) is 3.90. The van der Waals surface area contributed by atoms with E-state index in [1.165, 1.54) is 16.4 Å². The number of sulfonamides is 1. The molecule has 22 heavy (non-hydrogen) atoms. The summed E-state index contributed by atoms with van der Waals surface area (Å²) < 4.78 is 26.7. The number of piperidine rings is 1. The number of carbonyl (C=O) groups is 1. The summed E-state index contributed by atoms with van der Waals surface area (Å²) in [7, 11) is -3.54. The van der Waals surface area contributed by atoms with Crippen molar-refractivity contribution in [3.8, 4) is 6.07 Å². The van der Waals surface area contributed by atoms with Crippen LogP contribution in [0.15, 0.2) is 29.2 Å². The van der Waals surface area contributed by atoms with E-state index in [1.54, 1.807) is 18.2 Å². The first-order valence-corrected chi connectivity index (χ1v) is 8.64. The first kappa shape index (κ1) is 16.5. The Kier molecular flexibility index (Phi) is 5.16. The Bertz CT molecular complexity index is 686. The average Bonchev–Trinajstić information content (AvgIpc) is 2.48. The first-order valence-electron chi connectivity index (χ1n) is 7.20. The van der Waals surface area contributed by atoms with Crippen LogP contribution in [0.1, 0.15) is 26.2 Å². The number of amides is 1. The standard InChI is InChI=1S/C15H19N3O3S/c1-12-6-9-18(10-7-12)22(20,21)14-4-2-3-13(11-14)17-15(19)5-8-16/h2-4,11-12H,5-7,9-10H2,1H3,(H,17,19). The molecular weight excluding hydrogens is 302 g/mol. The number of anilines is 1. The molecular formula is C15H19N3O3S. The molecule has 1 N–H and O–H groups in total. The van der Waals surface area contributed by atoms with E-state index in [1.807, 2.05) is 0 Å². The third-order valence-electron chi connectivity index (χ3n) is 3.74. The van der Waals surface area contributed by atoms with Gasteiger partial charge in [-0.15, -0.1) is 0 Å². The summed E-state index contributed by atoms with van der Waals surface area (Å²) in [5.41, 5.74) is 0.381. The van der Waals surface area contributed by atoms with E-state index in [0.29, 0.717) is 24.7 Å². The zero-order chi connectivity index (χ0) is 16.2. The molecule has 0 aliphatic carbocycles. The van der Waals surface area contributed by atoms with E-state index >= 15 is 0 Å². The average molecular weight is 321 g/mol. The number of nitrogens with one attached hydrogen (secondary N) is 1. The predicted octanol–water partition coefficient (Wildman–Crippen LogP) is 1.96. The second kappa shape index (κ2) is 6.90. The van der Waals surface area contributed by atoms with Crippen LogP contribution in [-0.2, 0) is 14.8 Å². The molecule has 1 aliphatic rings. The zero-order valence-electron chi connectivity index (χ0n) is 12.4. The number of benzene rings is 1. The zero-order valence-corrected chi connectivity index (χ0v) is 13.3. The van der Waals surface area contributed by atoms with Crippen LogP contribution in [0.25, 0.3) is 0 Å². The maximum atomic E-state index is 12.6. The van der Waals surface area contributed by atoms with Gasteiger partial charge in [-0.05, 0) is 37.0 Å². The Morgan fingerprint density at radius 3 is 2.73 bits per heavy atom. The minimum absolute atomic E-state index is 0.164. The Labute approximate surface area is 130 Å². The number of hydrogen-bond donors (Lipinski definition) is 1. The van der Waals surface area contributed by atoms with Gasteiger partial charge in [-0.1, -0.05) is 13.0 Å². The molecule has 0 radical (unpaired) electrons. The summed E-state index contributed by atoms with van der Waals surface area (Å²) in [5, 5.41) is 11.0. The minimum atomic E-state index is -3.54. The third-order valence-corrected chi connectivity index (χ3v) is 5.63. The molecule has 1 aromatic carbocycles. The van der Waals surface area contributed by atoms with Crippen LogP contribution in [0.5, 0.6) is 0 Å². The largest absolute Gasteiger partial charge is 0.325 e. The third kappa shape index (κ3) is 3.84. The van der Waals surface area contributed by atoms with E-state index < -0.39 is 15.9 Å². The molecule has 0 spiro atoms. The number of nitrogens with zero attached hydrogens (tertiary/aromatic N) is 2. The number of hydrogen-bond acceptors (Lipinski definition) is 4. The molecule has 0 aromatic heterocycles. The summed E-state index contributed by atoms with van der Waals surface area (Å²) in [5.74, 6) is 0.0897. The molecule has 0 saturated carbocycles. The molecule has 1 amide bonds. The normalized spacial score (nSPS) is 16.9. The van der Waals surface area contributed by atoms with Crippen molar-refractivity contribution in [2.45, 2.75) is 31.1 Å². The molecule has 118 valence electrons. The van der Waals surface area contributed by atoms with Crippen molar-refractivity contribution in [2.24, 2.45) is 5.92 Å². The molecule has 1 fully saturated rings. The summed E-state index contributed by atoms with van der Waals surface area (Å²) in [6, 6.07) is 7.89. The summed E-state index contributed by atoms with van der Waals surface area (Å²) in [6.45, 7) is 3.17. The number of nitriles is 1. The maximum absolute atomic E-state index is 12.6. The van der Waals surface area contributed by atoms with Gasteiger partial charge in [0.2, 0.25) is 15.9 Å². The molecule has 6 nitrogen and oxygen atoms in total. The maximum Gasteiger partial charge on any atom is 0.243 e. The van der Waals surface area contributed by atoms with E-state index in [-0.39, 0.29) is 11.3 Å². The van der Waals surface area contributed by atoms with Gasteiger partial charge in [0.15, 0.2) is 0 Å². The van der Waals surface area contributed by atoms with Gasteiger partial charge < -0.3 is 5.32 Å². The van der Waals surface area contributed by atoms with E-state index in [9.17, 15) is 13.2 Å². The Hall–Kier alpha value is -1.91. The van der Waals surface area contributed by atoms with Gasteiger partial charge in [-0.25, -0.2) is 8.42 Å². The fraction of sp³-hybridized carbons (Fsp3) is 0.467. The highest BCUT2D eigenvalue weighted by Crippen LogP contribution is 2.24. The molecule has 0 unspecified atom stereocenters. The lowest BCUT2D eigenvalue weighted by Gasteiger charge is -2.29. The van der Waals surface area contributed by atoms with Crippen molar-refractivity contribution in [3.05, 3.63) is 24.3 Å². The van der Waals surface area contributed by atoms with E-state index in [0.717, 1.165) is 12.8 Å². The monoisotopic (exact) mass is 321 g/mol. The van der Waals surface area contributed by atoms with Gasteiger partial charge >= 0.3 is 0 Å². The van der Waals surface area contributed by atoms with Crippen molar-refractivity contribution in [1.29, 1.82) is 5.26 Å². The second-order valence-corrected chi connectivity index (χ2v) is 7.44. The van der Waals surface area contributed by atoms with Crippen molar-refractivity contribution in [1.82, 2.24) is 4.31 Å². The van der Waals surface area contributed by atoms with Crippen molar-refractivity contribution >= 4 is 21.6 Å². The van der Waals surface area contributed by atoms with Crippen LogP contribution < -0.4 is 5.32 Å². The highest BCUT2D eigenvalue weighted by atomic mass is 32.2. The molecule has 1 aliphatic heterocycles. The topological polar surface area (TPSA) is 90.3 Å².